The fraction of sp³-hybridized carbons (Fsp3) is 0.333. The fourth-order valence-electron chi connectivity index (χ4n) is 2.55. The Kier molecular flexibility index (Phi) is 3.93. The van der Waals surface area contributed by atoms with Gasteiger partial charge in [0, 0.05) is 31.0 Å². The van der Waals surface area contributed by atoms with Crippen molar-refractivity contribution in [1.29, 1.82) is 0 Å². The van der Waals surface area contributed by atoms with Crippen molar-refractivity contribution in [2.75, 3.05) is 11.9 Å². The van der Waals surface area contributed by atoms with Crippen molar-refractivity contribution in [1.82, 2.24) is 5.32 Å². The van der Waals surface area contributed by atoms with Crippen LogP contribution in [0.5, 0.6) is 0 Å². The van der Waals surface area contributed by atoms with Gasteiger partial charge >= 0.3 is 0 Å². The average Bonchev–Trinajstić information content (AvgIpc) is 3.29. The zero-order chi connectivity index (χ0) is 14.8. The number of nitrogens with one attached hydrogen (secondary N) is 1. The zero-order valence-electron chi connectivity index (χ0n) is 12.6. The van der Waals surface area contributed by atoms with Crippen LogP contribution in [0.1, 0.15) is 24.0 Å². The molecule has 2 aromatic carbocycles. The third-order valence-electron chi connectivity index (χ3n) is 3.95. The number of hydrogen-bond donors (Lipinski definition) is 1. The van der Waals surface area contributed by atoms with Gasteiger partial charge < -0.3 is 10.2 Å². The molecule has 0 unspecified atom stereocenters. The molecule has 0 amide bonds. The molecule has 110 valence electrons. The Balaban J connectivity index is 1.88. The van der Waals surface area contributed by atoms with Gasteiger partial charge in [-0.15, -0.1) is 0 Å². The summed E-state index contributed by atoms with van der Waals surface area (Å²) in [7, 11) is 1.99. The second kappa shape index (κ2) is 5.86. The molecule has 0 saturated heterocycles. The average molecular weight is 284 g/mol. The fourth-order valence-corrected chi connectivity index (χ4v) is 2.55. The summed E-state index contributed by atoms with van der Waals surface area (Å²) in [6, 6.07) is 13.8. The number of aryl methyl sites for hydroxylation is 1. The first-order chi connectivity index (χ1) is 10.1. The smallest absolute Gasteiger partial charge is 0.125 e. The van der Waals surface area contributed by atoms with Crippen LogP contribution in [0.3, 0.4) is 0 Å². The summed E-state index contributed by atoms with van der Waals surface area (Å²) < 4.78 is 13.4. The molecule has 0 atom stereocenters. The lowest BCUT2D eigenvalue weighted by atomic mass is 10.1. The highest BCUT2D eigenvalue weighted by molar-refractivity contribution is 5.66. The quantitative estimate of drug-likeness (QED) is 0.887. The first kappa shape index (κ1) is 14.1. The lowest BCUT2D eigenvalue weighted by Gasteiger charge is -2.23. The van der Waals surface area contributed by atoms with Gasteiger partial charge in [0.05, 0.1) is 0 Å². The van der Waals surface area contributed by atoms with Crippen LogP contribution >= 0.6 is 0 Å². The predicted molar refractivity (Wildman–Crippen MR) is 85.5 cm³/mol. The summed E-state index contributed by atoms with van der Waals surface area (Å²) in [6.45, 7) is 2.97. The molecule has 0 radical (unpaired) electrons. The molecule has 21 heavy (non-hydrogen) atoms. The minimum atomic E-state index is -0.205. The van der Waals surface area contributed by atoms with Gasteiger partial charge in [-0.25, -0.2) is 4.39 Å². The van der Waals surface area contributed by atoms with E-state index in [0.717, 1.165) is 17.9 Å². The largest absolute Gasteiger partial charge is 0.344 e. The van der Waals surface area contributed by atoms with Crippen molar-refractivity contribution < 1.29 is 4.39 Å². The molecule has 1 fully saturated rings. The van der Waals surface area contributed by atoms with Crippen LogP contribution in [0, 0.1) is 12.7 Å². The Morgan fingerprint density at radius 1 is 1.19 bits per heavy atom. The van der Waals surface area contributed by atoms with Gasteiger partial charge in [-0.3, -0.25) is 0 Å². The summed E-state index contributed by atoms with van der Waals surface area (Å²) in [4.78, 5) is 2.05. The second-order valence-electron chi connectivity index (χ2n) is 5.83. The Morgan fingerprint density at radius 2 is 2.00 bits per heavy atom. The molecule has 0 heterocycles. The Morgan fingerprint density at radius 3 is 2.71 bits per heavy atom. The minimum absolute atomic E-state index is 0.205. The molecule has 2 aromatic rings. The van der Waals surface area contributed by atoms with Gasteiger partial charge in [0.15, 0.2) is 0 Å². The van der Waals surface area contributed by atoms with E-state index < -0.39 is 0 Å². The summed E-state index contributed by atoms with van der Waals surface area (Å²) in [5, 5.41) is 3.56. The van der Waals surface area contributed by atoms with Crippen LogP contribution < -0.4 is 10.2 Å². The lowest BCUT2D eigenvalue weighted by molar-refractivity contribution is 0.628. The molecule has 0 aromatic heterocycles. The van der Waals surface area contributed by atoms with Gasteiger partial charge in [-0.2, -0.15) is 0 Å². The van der Waals surface area contributed by atoms with Crippen molar-refractivity contribution in [3.63, 3.8) is 0 Å². The van der Waals surface area contributed by atoms with Gasteiger partial charge in [0.25, 0.3) is 0 Å². The summed E-state index contributed by atoms with van der Waals surface area (Å²) in [5.74, 6) is -0.205. The molecule has 3 rings (SSSR count). The molecular weight excluding hydrogens is 263 g/mol. The van der Waals surface area contributed by atoms with E-state index in [2.05, 4.69) is 30.4 Å². The van der Waals surface area contributed by atoms with Crippen molar-refractivity contribution in [3.8, 4) is 0 Å². The minimum Gasteiger partial charge on any atom is -0.344 e. The maximum absolute atomic E-state index is 13.4. The van der Waals surface area contributed by atoms with E-state index in [0.29, 0.717) is 6.04 Å². The van der Waals surface area contributed by atoms with E-state index in [-0.39, 0.29) is 5.82 Å². The molecule has 0 spiro atoms. The highest BCUT2D eigenvalue weighted by Crippen LogP contribution is 2.29. The first-order valence-electron chi connectivity index (χ1n) is 7.46. The van der Waals surface area contributed by atoms with E-state index in [1.54, 1.807) is 12.1 Å². The topological polar surface area (TPSA) is 15.3 Å². The number of halogens is 1. The van der Waals surface area contributed by atoms with E-state index >= 15 is 0 Å². The van der Waals surface area contributed by atoms with Crippen molar-refractivity contribution in [2.45, 2.75) is 32.4 Å². The molecule has 1 saturated carbocycles. The standard InChI is InChI=1S/C18H21FN2/c1-13-6-9-18(14(10-13)12-20-16-7-8-16)21(2)17-5-3-4-15(19)11-17/h3-6,9-11,16,20H,7-8,12H2,1-2H3. The van der Waals surface area contributed by atoms with Gasteiger partial charge in [0.1, 0.15) is 5.82 Å². The maximum atomic E-state index is 13.4. The first-order valence-corrected chi connectivity index (χ1v) is 7.46. The SMILES string of the molecule is Cc1ccc(N(C)c2cccc(F)c2)c(CNC2CC2)c1. The Labute approximate surface area is 125 Å². The molecule has 0 bridgehead atoms. The summed E-state index contributed by atoms with van der Waals surface area (Å²) in [6.07, 6.45) is 2.56. The lowest BCUT2D eigenvalue weighted by Crippen LogP contribution is -2.19. The van der Waals surface area contributed by atoms with Crippen molar-refractivity contribution in [2.24, 2.45) is 0 Å². The summed E-state index contributed by atoms with van der Waals surface area (Å²) in [5.41, 5.74) is 4.50. The summed E-state index contributed by atoms with van der Waals surface area (Å²) >= 11 is 0. The molecule has 0 aliphatic heterocycles. The molecule has 2 nitrogen and oxygen atoms in total. The van der Waals surface area contributed by atoms with Crippen LogP contribution in [0.4, 0.5) is 15.8 Å². The van der Waals surface area contributed by atoms with E-state index in [1.165, 1.54) is 30.0 Å². The van der Waals surface area contributed by atoms with Crippen molar-refractivity contribution >= 4 is 11.4 Å². The highest BCUT2D eigenvalue weighted by Gasteiger charge is 2.21. The number of rotatable bonds is 5. The third-order valence-corrected chi connectivity index (χ3v) is 3.95. The normalized spacial score (nSPS) is 14.2. The van der Waals surface area contributed by atoms with Crippen LogP contribution in [-0.4, -0.2) is 13.1 Å². The van der Waals surface area contributed by atoms with E-state index in [4.69, 9.17) is 0 Å². The zero-order valence-corrected chi connectivity index (χ0v) is 12.6. The molecule has 3 heteroatoms. The third kappa shape index (κ3) is 3.42. The monoisotopic (exact) mass is 284 g/mol. The molecular formula is C18H21FN2. The van der Waals surface area contributed by atoms with E-state index in [9.17, 15) is 4.39 Å². The number of hydrogen-bond acceptors (Lipinski definition) is 2. The number of nitrogens with zero attached hydrogens (tertiary/aromatic N) is 1. The molecule has 1 N–H and O–H groups in total. The van der Waals surface area contributed by atoms with Crippen LogP contribution in [0.2, 0.25) is 0 Å². The van der Waals surface area contributed by atoms with Crippen LogP contribution in [-0.2, 0) is 6.54 Å². The predicted octanol–water partition coefficient (Wildman–Crippen LogP) is 4.15. The van der Waals surface area contributed by atoms with Crippen molar-refractivity contribution in [3.05, 3.63) is 59.4 Å². The molecule has 1 aliphatic rings. The highest BCUT2D eigenvalue weighted by atomic mass is 19.1. The van der Waals surface area contributed by atoms with Gasteiger partial charge in [-0.1, -0.05) is 23.8 Å². The maximum Gasteiger partial charge on any atom is 0.125 e. The van der Waals surface area contributed by atoms with Gasteiger partial charge in [0.2, 0.25) is 0 Å². The Bertz CT molecular complexity index is 635. The van der Waals surface area contributed by atoms with Crippen LogP contribution in [0.15, 0.2) is 42.5 Å². The van der Waals surface area contributed by atoms with Gasteiger partial charge in [-0.05, 0) is 49.6 Å². The number of benzene rings is 2. The molecule has 1 aliphatic carbocycles. The van der Waals surface area contributed by atoms with Crippen LogP contribution in [0.25, 0.3) is 0 Å². The van der Waals surface area contributed by atoms with E-state index in [1.807, 2.05) is 18.0 Å². The number of anilines is 2. The Hall–Kier alpha value is -1.87. The second-order valence-corrected chi connectivity index (χ2v) is 5.83.